The van der Waals surface area contributed by atoms with Crippen LogP contribution in [0.3, 0.4) is 0 Å². The van der Waals surface area contributed by atoms with Gasteiger partial charge in [0.05, 0.1) is 6.61 Å². The minimum Gasteiger partial charge on any atom is -0.490 e. The Morgan fingerprint density at radius 2 is 1.78 bits per heavy atom. The normalized spacial score (nSPS) is 17.0. The molecule has 0 bridgehead atoms. The molecule has 0 radical (unpaired) electrons. The van der Waals surface area contributed by atoms with Crippen LogP contribution in [0.4, 0.5) is 0 Å². The van der Waals surface area contributed by atoms with Crippen molar-refractivity contribution in [1.29, 1.82) is 0 Å². The first-order valence-electron chi connectivity index (χ1n) is 6.84. The fraction of sp³-hybridized carbons (Fsp3) is 0.267. The number of carbonyl (C=O) groups is 1. The van der Waals surface area contributed by atoms with Crippen molar-refractivity contribution in [2.45, 2.75) is 6.10 Å². The summed E-state index contributed by atoms with van der Waals surface area (Å²) in [6.45, 7) is 1.12. The quantitative estimate of drug-likeness (QED) is 0.368. The van der Waals surface area contributed by atoms with E-state index in [1.54, 1.807) is 24.3 Å². The lowest BCUT2D eigenvalue weighted by Crippen LogP contribution is -2.20. The van der Waals surface area contributed by atoms with Crippen molar-refractivity contribution in [1.82, 2.24) is 0 Å². The Labute approximate surface area is 132 Å². The van der Waals surface area contributed by atoms with E-state index >= 15 is 0 Å². The van der Waals surface area contributed by atoms with E-state index in [0.29, 0.717) is 24.3 Å². The number of benzene rings is 2. The zero-order valence-corrected chi connectivity index (χ0v) is 12.8. The Bertz CT molecular complexity index is 840. The van der Waals surface area contributed by atoms with E-state index in [4.69, 9.17) is 18.8 Å². The summed E-state index contributed by atoms with van der Waals surface area (Å²) in [6.07, 6.45) is 0.112. The molecular formula is C15H14O7S. The Balaban J connectivity index is 1.86. The molecule has 1 fully saturated rings. The third kappa shape index (κ3) is 4.19. The molecule has 7 nitrogen and oxygen atoms in total. The molecular weight excluding hydrogens is 324 g/mol. The molecule has 1 aliphatic rings. The van der Waals surface area contributed by atoms with Gasteiger partial charge in [-0.05, 0) is 12.1 Å². The van der Waals surface area contributed by atoms with E-state index in [1.807, 2.05) is 6.07 Å². The van der Waals surface area contributed by atoms with Crippen molar-refractivity contribution < 1.29 is 32.0 Å². The van der Waals surface area contributed by atoms with Crippen molar-refractivity contribution in [2.75, 3.05) is 19.0 Å². The third-order valence-electron chi connectivity index (χ3n) is 3.20. The van der Waals surface area contributed by atoms with Gasteiger partial charge < -0.3 is 14.2 Å². The molecule has 1 unspecified atom stereocenters. The predicted molar refractivity (Wildman–Crippen MR) is 81.2 cm³/mol. The fourth-order valence-corrected chi connectivity index (χ4v) is 2.46. The monoisotopic (exact) mass is 338 g/mol. The number of hydrogen-bond acceptors (Lipinski definition) is 6. The standard InChI is InChI=1S/C15H14O7S/c16-15(9-23(17,18)19)22-14-6-5-13(21-8-10-7-20-10)11-3-1-2-4-12(11)14/h1-6,10H,7-9H2,(H,17,18,19). The van der Waals surface area contributed by atoms with Gasteiger partial charge >= 0.3 is 5.97 Å². The van der Waals surface area contributed by atoms with E-state index in [0.717, 1.165) is 5.39 Å². The molecule has 0 aliphatic carbocycles. The molecule has 1 heterocycles. The second-order valence-electron chi connectivity index (χ2n) is 5.07. The topological polar surface area (TPSA) is 102 Å². The van der Waals surface area contributed by atoms with Crippen LogP contribution in [-0.2, 0) is 19.6 Å². The van der Waals surface area contributed by atoms with E-state index in [9.17, 15) is 13.2 Å². The summed E-state index contributed by atoms with van der Waals surface area (Å²) in [5.74, 6) is -1.34. The molecule has 8 heteroatoms. The van der Waals surface area contributed by atoms with Gasteiger partial charge in [-0.3, -0.25) is 9.35 Å². The van der Waals surface area contributed by atoms with Crippen LogP contribution in [0.5, 0.6) is 11.5 Å². The number of carbonyl (C=O) groups excluding carboxylic acids is 1. The molecule has 0 spiro atoms. The maximum atomic E-state index is 11.6. The van der Waals surface area contributed by atoms with Gasteiger partial charge in [-0.2, -0.15) is 8.42 Å². The molecule has 1 saturated heterocycles. The van der Waals surface area contributed by atoms with Crippen molar-refractivity contribution in [3.63, 3.8) is 0 Å². The lowest BCUT2D eigenvalue weighted by molar-refractivity contribution is -0.131. The van der Waals surface area contributed by atoms with Gasteiger partial charge in [-0.25, -0.2) is 0 Å². The largest absolute Gasteiger partial charge is 0.490 e. The first-order valence-corrected chi connectivity index (χ1v) is 8.45. The van der Waals surface area contributed by atoms with Gasteiger partial charge in [-0.15, -0.1) is 0 Å². The van der Waals surface area contributed by atoms with Crippen LogP contribution in [0.1, 0.15) is 0 Å². The molecule has 0 aromatic heterocycles. The molecule has 1 atom stereocenters. The highest BCUT2D eigenvalue weighted by Gasteiger charge is 2.23. The van der Waals surface area contributed by atoms with Gasteiger partial charge in [-0.1, -0.05) is 24.3 Å². The first-order chi connectivity index (χ1) is 10.9. The Kier molecular flexibility index (Phi) is 4.20. The first kappa shape index (κ1) is 15.7. The van der Waals surface area contributed by atoms with Crippen molar-refractivity contribution >= 4 is 26.9 Å². The minimum atomic E-state index is -4.43. The third-order valence-corrected chi connectivity index (χ3v) is 3.80. The molecule has 0 amide bonds. The molecule has 1 N–H and O–H groups in total. The molecule has 122 valence electrons. The van der Waals surface area contributed by atoms with Crippen LogP contribution in [0, 0.1) is 0 Å². The molecule has 2 aromatic rings. The van der Waals surface area contributed by atoms with Crippen molar-refractivity contribution in [3.05, 3.63) is 36.4 Å². The average molecular weight is 338 g/mol. The van der Waals surface area contributed by atoms with Crippen molar-refractivity contribution in [3.8, 4) is 11.5 Å². The maximum Gasteiger partial charge on any atom is 0.329 e. The van der Waals surface area contributed by atoms with Crippen LogP contribution in [0.25, 0.3) is 10.8 Å². The molecule has 23 heavy (non-hydrogen) atoms. The van der Waals surface area contributed by atoms with E-state index in [-0.39, 0.29) is 11.9 Å². The van der Waals surface area contributed by atoms with Crippen molar-refractivity contribution in [2.24, 2.45) is 0 Å². The van der Waals surface area contributed by atoms with Gasteiger partial charge in [0.1, 0.15) is 24.2 Å². The lowest BCUT2D eigenvalue weighted by Gasteiger charge is -2.12. The average Bonchev–Trinajstić information content (AvgIpc) is 3.28. The summed E-state index contributed by atoms with van der Waals surface area (Å²) < 4.78 is 46.0. The second kappa shape index (κ2) is 6.15. The SMILES string of the molecule is O=C(CS(=O)(=O)O)Oc1ccc(OCC2CO2)c2ccccc12. The van der Waals surface area contributed by atoms with Crippen LogP contribution in [-0.4, -0.2) is 44.0 Å². The zero-order chi connectivity index (χ0) is 16.4. The summed E-state index contributed by atoms with van der Waals surface area (Å²) in [5, 5.41) is 1.33. The van der Waals surface area contributed by atoms with Gasteiger partial charge in [0.15, 0.2) is 5.75 Å². The number of hydrogen-bond donors (Lipinski definition) is 1. The lowest BCUT2D eigenvalue weighted by atomic mass is 10.1. The summed E-state index contributed by atoms with van der Waals surface area (Å²) in [5.41, 5.74) is 0. The highest BCUT2D eigenvalue weighted by molar-refractivity contribution is 7.86. The number of epoxide rings is 1. The van der Waals surface area contributed by atoms with Crippen LogP contribution >= 0.6 is 0 Å². The predicted octanol–water partition coefficient (Wildman–Crippen LogP) is 1.41. The summed E-state index contributed by atoms with van der Waals surface area (Å²) >= 11 is 0. The fourth-order valence-electron chi connectivity index (χ4n) is 2.11. The Morgan fingerprint density at radius 3 is 2.39 bits per heavy atom. The summed E-state index contributed by atoms with van der Waals surface area (Å²) in [7, 11) is -4.43. The maximum absolute atomic E-state index is 11.6. The second-order valence-corrected chi connectivity index (χ2v) is 6.53. The number of fused-ring (bicyclic) bond motifs is 1. The summed E-state index contributed by atoms with van der Waals surface area (Å²) in [4.78, 5) is 11.6. The molecule has 1 aliphatic heterocycles. The summed E-state index contributed by atoms with van der Waals surface area (Å²) in [6, 6.07) is 10.3. The van der Waals surface area contributed by atoms with Crippen LogP contribution in [0.15, 0.2) is 36.4 Å². The van der Waals surface area contributed by atoms with E-state index < -0.39 is 21.8 Å². The Morgan fingerprint density at radius 1 is 1.17 bits per heavy atom. The number of rotatable bonds is 6. The van der Waals surface area contributed by atoms with Gasteiger partial charge in [0.2, 0.25) is 0 Å². The van der Waals surface area contributed by atoms with Gasteiger partial charge in [0.25, 0.3) is 10.1 Å². The Hall–Kier alpha value is -2.16. The van der Waals surface area contributed by atoms with Crippen LogP contribution < -0.4 is 9.47 Å². The molecule has 0 saturated carbocycles. The van der Waals surface area contributed by atoms with E-state index in [2.05, 4.69) is 0 Å². The molecule has 2 aromatic carbocycles. The smallest absolute Gasteiger partial charge is 0.329 e. The highest BCUT2D eigenvalue weighted by atomic mass is 32.2. The zero-order valence-electron chi connectivity index (χ0n) is 12.0. The number of esters is 1. The van der Waals surface area contributed by atoms with Crippen LogP contribution in [0.2, 0.25) is 0 Å². The number of ether oxygens (including phenoxy) is 3. The molecule has 3 rings (SSSR count). The highest BCUT2D eigenvalue weighted by Crippen LogP contribution is 2.33. The van der Waals surface area contributed by atoms with Gasteiger partial charge in [0, 0.05) is 10.8 Å². The van der Waals surface area contributed by atoms with E-state index in [1.165, 1.54) is 6.07 Å². The minimum absolute atomic E-state index is 0.112.